The maximum absolute atomic E-state index is 11.9. The summed E-state index contributed by atoms with van der Waals surface area (Å²) in [6, 6.07) is -2.52. The molecule has 1 fully saturated rings. The van der Waals surface area contributed by atoms with E-state index in [9.17, 15) is 38.4 Å². The van der Waals surface area contributed by atoms with E-state index >= 15 is 0 Å². The number of nitrogens with two attached hydrogens (primary N) is 3. The second kappa shape index (κ2) is 24.7. The van der Waals surface area contributed by atoms with Crippen molar-refractivity contribution in [1.82, 2.24) is 21.0 Å². The minimum atomic E-state index is -0.705. The summed E-state index contributed by atoms with van der Waals surface area (Å²) >= 11 is 0. The van der Waals surface area contributed by atoms with E-state index in [1.807, 2.05) is 34.6 Å². The van der Waals surface area contributed by atoms with Gasteiger partial charge in [0, 0.05) is 31.8 Å². The van der Waals surface area contributed by atoms with Gasteiger partial charge < -0.3 is 47.5 Å². The second-order valence-electron chi connectivity index (χ2n) is 11.6. The lowest BCUT2D eigenvalue weighted by Gasteiger charge is -2.21. The summed E-state index contributed by atoms with van der Waals surface area (Å²) in [6.45, 7) is 11.9. The van der Waals surface area contributed by atoms with Crippen LogP contribution in [0.3, 0.4) is 0 Å². The third kappa shape index (κ3) is 19.9. The largest absolute Gasteiger partial charge is 0.468 e. The van der Waals surface area contributed by atoms with Gasteiger partial charge in [0.15, 0.2) is 0 Å². The van der Waals surface area contributed by atoms with Gasteiger partial charge in [0.2, 0.25) is 5.91 Å². The Morgan fingerprint density at radius 3 is 1.54 bits per heavy atom. The van der Waals surface area contributed by atoms with Crippen molar-refractivity contribution in [2.75, 3.05) is 27.3 Å². The number of hydrogen-bond donors (Lipinski definition) is 6. The Hall–Kier alpha value is -4.48. The minimum Gasteiger partial charge on any atom is -0.468 e. The summed E-state index contributed by atoms with van der Waals surface area (Å²) < 4.78 is 9.08. The van der Waals surface area contributed by atoms with E-state index in [1.165, 1.54) is 14.2 Å². The summed E-state index contributed by atoms with van der Waals surface area (Å²) in [5, 5.41) is 8.08. The Balaban J connectivity index is 0. The fourth-order valence-corrected chi connectivity index (χ4v) is 3.42. The molecule has 1 aliphatic rings. The molecule has 0 bridgehead atoms. The standard InChI is InChI=1S/C13H25N3O4.C10H15NO4.C7H15N3O3/c1-8(2)9(3)11(17)16-10(12(18)20-4)6-5-7-15-13(14)19;1-6(2)7(3)10(14)15-11-8(12)4-5-9(11)13;1-13-6(11)5(8)3-2-4-10-7(9)12/h8-10H,5-7H2,1-4H3,(H,16,17)(H3,14,15,19);6-7H,4-5H2,1-3H3;5H,2-4,8H2,1H3,(H3,9,10,12)/t9-,10-;7-;5-/m000/s1. The lowest BCUT2D eigenvalue weighted by atomic mass is 9.96. The highest BCUT2D eigenvalue weighted by Gasteiger charge is 2.34. The van der Waals surface area contributed by atoms with Gasteiger partial charge in [-0.2, -0.15) is 0 Å². The van der Waals surface area contributed by atoms with Crippen LogP contribution in [0.15, 0.2) is 0 Å². The van der Waals surface area contributed by atoms with Crippen molar-refractivity contribution >= 4 is 47.7 Å². The highest BCUT2D eigenvalue weighted by atomic mass is 16.7. The maximum Gasteiger partial charge on any atom is 0.336 e. The molecule has 9 N–H and O–H groups in total. The SMILES string of the molecule is CC(C)[C@H](C)C(=O)ON1C(=O)CCC1=O.COC(=O)[C@@H](N)CCCNC(N)=O.COC(=O)[C@H](CCCNC(N)=O)NC(=O)[C@@H](C)C(C)C. The summed E-state index contributed by atoms with van der Waals surface area (Å²) in [6.07, 6.45) is 2.21. The van der Waals surface area contributed by atoms with Crippen LogP contribution in [0.1, 0.15) is 80.1 Å². The van der Waals surface area contributed by atoms with E-state index in [1.54, 1.807) is 6.92 Å². The van der Waals surface area contributed by atoms with Crippen LogP contribution in [-0.4, -0.2) is 92.1 Å². The molecule has 0 radical (unpaired) electrons. The second-order valence-corrected chi connectivity index (χ2v) is 11.6. The molecule has 1 heterocycles. The lowest BCUT2D eigenvalue weighted by molar-refractivity contribution is -0.201. The summed E-state index contributed by atoms with van der Waals surface area (Å²) in [4.78, 5) is 93.6. The normalized spacial score (nSPS) is 14.6. The zero-order chi connectivity index (χ0) is 37.6. The van der Waals surface area contributed by atoms with E-state index in [-0.39, 0.29) is 42.4 Å². The number of esters is 2. The number of methoxy groups -OCH3 is 2. The molecule has 1 rings (SSSR count). The first-order valence-corrected chi connectivity index (χ1v) is 15.7. The third-order valence-corrected chi connectivity index (χ3v) is 7.24. The van der Waals surface area contributed by atoms with Gasteiger partial charge in [0.05, 0.1) is 20.1 Å². The van der Waals surface area contributed by atoms with Crippen LogP contribution < -0.4 is 33.2 Å². The minimum absolute atomic E-state index is 0.116. The first-order valence-electron chi connectivity index (χ1n) is 15.7. The Morgan fingerprint density at radius 1 is 0.708 bits per heavy atom. The van der Waals surface area contributed by atoms with Crippen LogP contribution in [0.4, 0.5) is 9.59 Å². The molecule has 0 aromatic heterocycles. The number of imide groups is 1. The molecule has 0 aromatic carbocycles. The predicted octanol–water partition coefficient (Wildman–Crippen LogP) is 0.206. The Bertz CT molecular complexity index is 1070. The Morgan fingerprint density at radius 2 is 1.15 bits per heavy atom. The van der Waals surface area contributed by atoms with Crippen LogP contribution in [0, 0.1) is 23.7 Å². The Kier molecular flexibility index (Phi) is 23.4. The molecular formula is C30H55N7O11. The van der Waals surface area contributed by atoms with Crippen molar-refractivity contribution in [2.24, 2.45) is 40.9 Å². The number of rotatable bonds is 16. The zero-order valence-electron chi connectivity index (χ0n) is 29.3. The number of nitrogens with zero attached hydrogens (tertiary/aromatic N) is 1. The van der Waals surface area contributed by atoms with Gasteiger partial charge in [-0.3, -0.25) is 19.2 Å². The van der Waals surface area contributed by atoms with E-state index in [0.29, 0.717) is 43.8 Å². The average molecular weight is 690 g/mol. The maximum atomic E-state index is 11.9. The summed E-state index contributed by atoms with van der Waals surface area (Å²) in [5.41, 5.74) is 15.2. The van der Waals surface area contributed by atoms with E-state index in [0.717, 1.165) is 0 Å². The number of ether oxygens (including phenoxy) is 2. The van der Waals surface area contributed by atoms with Crippen LogP contribution in [0.25, 0.3) is 0 Å². The van der Waals surface area contributed by atoms with Crippen LogP contribution in [-0.2, 0) is 43.1 Å². The van der Waals surface area contributed by atoms with Crippen LogP contribution >= 0.6 is 0 Å². The molecule has 18 heteroatoms. The fourth-order valence-electron chi connectivity index (χ4n) is 3.42. The molecule has 276 valence electrons. The lowest BCUT2D eigenvalue weighted by Crippen LogP contribution is -2.45. The van der Waals surface area contributed by atoms with Crippen LogP contribution in [0.5, 0.6) is 0 Å². The van der Waals surface area contributed by atoms with Gasteiger partial charge in [-0.25, -0.2) is 19.2 Å². The summed E-state index contributed by atoms with van der Waals surface area (Å²) in [5.74, 6) is -2.75. The number of hydrogen-bond acceptors (Lipinski definition) is 12. The molecule has 0 spiro atoms. The highest BCUT2D eigenvalue weighted by molar-refractivity contribution is 6.01. The first kappa shape index (κ1) is 45.6. The van der Waals surface area contributed by atoms with Gasteiger partial charge in [0.25, 0.3) is 11.8 Å². The molecule has 0 unspecified atom stereocenters. The number of amides is 7. The topological polar surface area (TPSA) is 282 Å². The summed E-state index contributed by atoms with van der Waals surface area (Å²) in [7, 11) is 2.55. The number of hydroxylamine groups is 2. The van der Waals surface area contributed by atoms with Gasteiger partial charge in [-0.1, -0.05) is 41.5 Å². The van der Waals surface area contributed by atoms with Gasteiger partial charge in [0.1, 0.15) is 12.1 Å². The van der Waals surface area contributed by atoms with E-state index in [4.69, 9.17) is 22.0 Å². The van der Waals surface area contributed by atoms with Crippen molar-refractivity contribution in [3.05, 3.63) is 0 Å². The average Bonchev–Trinajstić information content (AvgIpc) is 3.34. The van der Waals surface area contributed by atoms with Gasteiger partial charge in [-0.05, 0) is 37.5 Å². The molecule has 0 aromatic rings. The van der Waals surface area contributed by atoms with Crippen molar-refractivity contribution < 1.29 is 52.7 Å². The zero-order valence-corrected chi connectivity index (χ0v) is 29.3. The molecular weight excluding hydrogens is 634 g/mol. The molecule has 4 atom stereocenters. The van der Waals surface area contributed by atoms with Crippen LogP contribution in [0.2, 0.25) is 0 Å². The first-order chi connectivity index (χ1) is 22.3. The molecule has 1 aliphatic heterocycles. The monoisotopic (exact) mass is 689 g/mol. The van der Waals surface area contributed by atoms with E-state index < -0.39 is 53.9 Å². The smallest absolute Gasteiger partial charge is 0.336 e. The fraction of sp³-hybridized carbons (Fsp3) is 0.733. The van der Waals surface area contributed by atoms with Crippen molar-refractivity contribution in [2.45, 2.75) is 92.2 Å². The molecule has 48 heavy (non-hydrogen) atoms. The molecule has 7 amide bonds. The number of carbonyl (C=O) groups excluding carboxylic acids is 8. The van der Waals surface area contributed by atoms with E-state index in [2.05, 4.69) is 25.4 Å². The number of urea groups is 2. The predicted molar refractivity (Wildman–Crippen MR) is 173 cm³/mol. The van der Waals surface area contributed by atoms with Gasteiger partial charge in [-0.15, -0.1) is 5.06 Å². The molecule has 1 saturated heterocycles. The molecule has 0 saturated carbocycles. The van der Waals surface area contributed by atoms with Crippen molar-refractivity contribution in [3.8, 4) is 0 Å². The highest BCUT2D eigenvalue weighted by Crippen LogP contribution is 2.17. The number of primary amides is 2. The quantitative estimate of drug-likeness (QED) is 0.0720. The number of nitrogens with one attached hydrogen (secondary N) is 3. The van der Waals surface area contributed by atoms with Crippen molar-refractivity contribution in [3.63, 3.8) is 0 Å². The van der Waals surface area contributed by atoms with Gasteiger partial charge >= 0.3 is 30.0 Å². The Labute approximate surface area is 281 Å². The van der Waals surface area contributed by atoms with Crippen molar-refractivity contribution in [1.29, 1.82) is 0 Å². The third-order valence-electron chi connectivity index (χ3n) is 7.24. The number of carbonyl (C=O) groups is 8. The molecule has 18 nitrogen and oxygen atoms in total. The molecule has 0 aliphatic carbocycles.